The molecule has 1 aliphatic rings. The first-order chi connectivity index (χ1) is 8.77. The van der Waals surface area contributed by atoms with Gasteiger partial charge in [-0.1, -0.05) is 6.07 Å². The van der Waals surface area contributed by atoms with Gasteiger partial charge in [0.1, 0.15) is 5.75 Å². The van der Waals surface area contributed by atoms with Crippen molar-refractivity contribution >= 4 is 18.3 Å². The maximum atomic E-state index is 6.00. The summed E-state index contributed by atoms with van der Waals surface area (Å²) in [5.74, 6) is 0.676. The highest BCUT2D eigenvalue weighted by Gasteiger charge is 2.51. The molecule has 1 heterocycles. The predicted octanol–water partition coefficient (Wildman–Crippen LogP) is 1.97. The molecule has 19 heavy (non-hydrogen) atoms. The molecule has 2 N–H and O–H groups in total. The van der Waals surface area contributed by atoms with Crippen LogP contribution in [-0.2, 0) is 9.31 Å². The van der Waals surface area contributed by atoms with Crippen LogP contribution in [0.5, 0.6) is 5.75 Å². The topological polar surface area (TPSA) is 53.7 Å². The Balaban J connectivity index is 2.27. The summed E-state index contributed by atoms with van der Waals surface area (Å²) in [6.45, 7) is 10.7. The summed E-state index contributed by atoms with van der Waals surface area (Å²) in [6, 6.07) is 5.63. The van der Waals surface area contributed by atoms with Crippen LogP contribution >= 0.6 is 0 Å². The lowest BCUT2D eigenvalue weighted by molar-refractivity contribution is 0.00578. The Labute approximate surface area is 115 Å². The van der Waals surface area contributed by atoms with Crippen molar-refractivity contribution in [1.29, 1.82) is 0 Å². The first-order valence-electron chi connectivity index (χ1n) is 6.64. The summed E-state index contributed by atoms with van der Waals surface area (Å²) in [4.78, 5) is 0. The molecule has 0 aliphatic carbocycles. The molecule has 1 saturated heterocycles. The summed E-state index contributed by atoms with van der Waals surface area (Å²) in [5, 5.41) is 0. The van der Waals surface area contributed by atoms with Crippen LogP contribution in [0, 0.1) is 0 Å². The molecule has 0 atom stereocenters. The Morgan fingerprint density at radius 3 is 2.26 bits per heavy atom. The van der Waals surface area contributed by atoms with E-state index in [1.807, 2.05) is 52.8 Å². The van der Waals surface area contributed by atoms with Gasteiger partial charge in [0.15, 0.2) is 0 Å². The van der Waals surface area contributed by atoms with Crippen molar-refractivity contribution in [2.45, 2.75) is 45.8 Å². The fraction of sp³-hybridized carbons (Fsp3) is 0.571. The van der Waals surface area contributed by atoms with E-state index in [0.717, 1.165) is 5.46 Å². The summed E-state index contributed by atoms with van der Waals surface area (Å²) in [5.41, 5.74) is 6.74. The molecular formula is C14H22BNO3. The monoisotopic (exact) mass is 263 g/mol. The van der Waals surface area contributed by atoms with Gasteiger partial charge in [-0.2, -0.15) is 0 Å². The minimum Gasteiger partial charge on any atom is -0.492 e. The molecule has 0 amide bonds. The largest absolute Gasteiger partial charge is 0.494 e. The molecule has 0 bridgehead atoms. The smallest absolute Gasteiger partial charge is 0.492 e. The molecule has 2 rings (SSSR count). The fourth-order valence-corrected chi connectivity index (χ4v) is 1.96. The van der Waals surface area contributed by atoms with Crippen molar-refractivity contribution in [1.82, 2.24) is 0 Å². The van der Waals surface area contributed by atoms with Gasteiger partial charge >= 0.3 is 7.12 Å². The SMILES string of the molecule is CCOc1cc(B2OC(C)(C)C(C)(C)O2)ccc1N. The van der Waals surface area contributed by atoms with Crippen LogP contribution < -0.4 is 15.9 Å². The molecule has 5 heteroatoms. The first-order valence-corrected chi connectivity index (χ1v) is 6.64. The number of benzene rings is 1. The van der Waals surface area contributed by atoms with E-state index in [2.05, 4.69) is 0 Å². The standard InChI is InChI=1S/C14H22BNO3/c1-6-17-12-9-10(7-8-11(12)16)15-18-13(2,3)14(4,5)19-15/h7-9H,6,16H2,1-5H3. The van der Waals surface area contributed by atoms with E-state index < -0.39 is 0 Å². The molecule has 4 nitrogen and oxygen atoms in total. The summed E-state index contributed by atoms with van der Waals surface area (Å²) in [7, 11) is -0.384. The lowest BCUT2D eigenvalue weighted by Crippen LogP contribution is -2.41. The van der Waals surface area contributed by atoms with E-state index in [9.17, 15) is 0 Å². The minimum atomic E-state index is -0.384. The minimum absolute atomic E-state index is 0.342. The average Bonchev–Trinajstić information content (AvgIpc) is 2.51. The maximum Gasteiger partial charge on any atom is 0.494 e. The summed E-state index contributed by atoms with van der Waals surface area (Å²) >= 11 is 0. The van der Waals surface area contributed by atoms with Crippen molar-refractivity contribution in [3.05, 3.63) is 18.2 Å². The molecule has 1 fully saturated rings. The fourth-order valence-electron chi connectivity index (χ4n) is 1.96. The zero-order chi connectivity index (χ0) is 14.3. The van der Waals surface area contributed by atoms with Crippen LogP contribution in [0.25, 0.3) is 0 Å². The van der Waals surface area contributed by atoms with Crippen LogP contribution in [0.4, 0.5) is 5.69 Å². The molecule has 0 radical (unpaired) electrons. The lowest BCUT2D eigenvalue weighted by atomic mass is 9.79. The van der Waals surface area contributed by atoms with Crippen LogP contribution in [0.2, 0.25) is 0 Å². The van der Waals surface area contributed by atoms with Crippen LogP contribution in [0.3, 0.4) is 0 Å². The molecular weight excluding hydrogens is 241 g/mol. The third kappa shape index (κ3) is 2.58. The van der Waals surface area contributed by atoms with Gasteiger partial charge in [0.25, 0.3) is 0 Å². The van der Waals surface area contributed by atoms with Crippen molar-refractivity contribution in [2.75, 3.05) is 12.3 Å². The van der Waals surface area contributed by atoms with Gasteiger partial charge in [0.2, 0.25) is 0 Å². The third-order valence-electron chi connectivity index (χ3n) is 3.86. The molecule has 1 aromatic rings. The Bertz CT molecular complexity index is 458. The highest BCUT2D eigenvalue weighted by atomic mass is 16.7. The quantitative estimate of drug-likeness (QED) is 0.669. The summed E-state index contributed by atoms with van der Waals surface area (Å²) < 4.78 is 17.5. The average molecular weight is 263 g/mol. The van der Waals surface area contributed by atoms with Crippen LogP contribution in [0.1, 0.15) is 34.6 Å². The highest BCUT2D eigenvalue weighted by Crippen LogP contribution is 2.36. The van der Waals surface area contributed by atoms with Crippen molar-refractivity contribution in [3.63, 3.8) is 0 Å². The number of hydrogen-bond donors (Lipinski definition) is 1. The van der Waals surface area contributed by atoms with Crippen molar-refractivity contribution in [3.8, 4) is 5.75 Å². The van der Waals surface area contributed by atoms with E-state index in [4.69, 9.17) is 19.8 Å². The molecule has 0 aromatic heterocycles. The van der Waals surface area contributed by atoms with E-state index in [0.29, 0.717) is 18.0 Å². The second-order valence-electron chi connectivity index (χ2n) is 5.82. The Morgan fingerprint density at radius 1 is 1.16 bits per heavy atom. The first kappa shape index (κ1) is 14.2. The summed E-state index contributed by atoms with van der Waals surface area (Å²) in [6.07, 6.45) is 0. The zero-order valence-electron chi connectivity index (χ0n) is 12.3. The lowest BCUT2D eigenvalue weighted by Gasteiger charge is -2.32. The van der Waals surface area contributed by atoms with Crippen LogP contribution in [-0.4, -0.2) is 24.9 Å². The normalized spacial score (nSPS) is 20.6. The van der Waals surface area contributed by atoms with E-state index >= 15 is 0 Å². The van der Waals surface area contributed by atoms with Crippen molar-refractivity contribution in [2.24, 2.45) is 0 Å². The van der Waals surface area contributed by atoms with Gasteiger partial charge in [0, 0.05) is 0 Å². The van der Waals surface area contributed by atoms with E-state index in [-0.39, 0.29) is 18.3 Å². The van der Waals surface area contributed by atoms with Crippen LogP contribution in [0.15, 0.2) is 18.2 Å². The van der Waals surface area contributed by atoms with Crippen molar-refractivity contribution < 1.29 is 14.0 Å². The number of nitrogens with two attached hydrogens (primary N) is 1. The predicted molar refractivity (Wildman–Crippen MR) is 77.7 cm³/mol. The Morgan fingerprint density at radius 2 is 1.74 bits per heavy atom. The number of ether oxygens (including phenoxy) is 1. The Hall–Kier alpha value is -1.20. The Kier molecular flexibility index (Phi) is 3.54. The number of nitrogen functional groups attached to an aromatic ring is 1. The number of hydrogen-bond acceptors (Lipinski definition) is 4. The molecule has 1 aliphatic heterocycles. The molecule has 0 spiro atoms. The molecule has 1 aromatic carbocycles. The van der Waals surface area contributed by atoms with Gasteiger partial charge in [-0.15, -0.1) is 0 Å². The van der Waals surface area contributed by atoms with E-state index in [1.54, 1.807) is 0 Å². The number of rotatable bonds is 3. The maximum absolute atomic E-state index is 6.00. The van der Waals surface area contributed by atoms with Gasteiger partial charge < -0.3 is 19.8 Å². The molecule has 104 valence electrons. The van der Waals surface area contributed by atoms with Gasteiger partial charge in [0.05, 0.1) is 23.5 Å². The second kappa shape index (κ2) is 4.73. The second-order valence-corrected chi connectivity index (χ2v) is 5.82. The van der Waals surface area contributed by atoms with Gasteiger partial charge in [-0.3, -0.25) is 0 Å². The molecule has 0 saturated carbocycles. The van der Waals surface area contributed by atoms with Gasteiger partial charge in [-0.05, 0) is 52.2 Å². The van der Waals surface area contributed by atoms with E-state index in [1.165, 1.54) is 0 Å². The zero-order valence-corrected chi connectivity index (χ0v) is 12.3. The number of anilines is 1. The highest BCUT2D eigenvalue weighted by molar-refractivity contribution is 6.62. The third-order valence-corrected chi connectivity index (χ3v) is 3.86. The van der Waals surface area contributed by atoms with Gasteiger partial charge in [-0.25, -0.2) is 0 Å². The molecule has 0 unspecified atom stereocenters.